The normalized spacial score (nSPS) is 9.75. The Hall–Kier alpha value is -0.920. The molecule has 0 bridgehead atoms. The molecule has 0 aliphatic rings. The van der Waals surface area contributed by atoms with Crippen molar-refractivity contribution in [1.29, 1.82) is 0 Å². The molecule has 0 N–H and O–H groups in total. The van der Waals surface area contributed by atoms with Crippen LogP contribution in [0.2, 0.25) is 0 Å². The van der Waals surface area contributed by atoms with Gasteiger partial charge in [-0.05, 0) is 12.5 Å². The smallest absolute Gasteiger partial charge is 0.0803 e. The Bertz CT molecular complexity index is 133. The van der Waals surface area contributed by atoms with Crippen LogP contribution in [-0.4, -0.2) is 7.05 Å². The Morgan fingerprint density at radius 3 is 2.00 bits per heavy atom. The van der Waals surface area contributed by atoms with Gasteiger partial charge in [0.15, 0.2) is 0 Å². The predicted molar refractivity (Wildman–Crippen MR) is 34.7 cm³/mol. The molecule has 0 spiro atoms. The molecule has 0 amide bonds. The molecule has 0 heterocycles. The van der Waals surface area contributed by atoms with Gasteiger partial charge in [-0.15, -0.1) is 0 Å². The van der Waals surface area contributed by atoms with E-state index in [4.69, 9.17) is 0 Å². The van der Waals surface area contributed by atoms with Crippen molar-refractivity contribution in [2.24, 2.45) is 10.2 Å². The van der Waals surface area contributed by atoms with Crippen LogP contribution in [0.5, 0.6) is 0 Å². The minimum absolute atomic E-state index is 0.646. The molecule has 0 radical (unpaired) electrons. The van der Waals surface area contributed by atoms with E-state index in [1.807, 2.05) is 6.92 Å². The molecule has 0 atom stereocenters. The highest BCUT2D eigenvalue weighted by molar-refractivity contribution is 5.19. The van der Waals surface area contributed by atoms with Gasteiger partial charge in [-0.3, -0.25) is 0 Å². The summed E-state index contributed by atoms with van der Waals surface area (Å²) in [6, 6.07) is 0. The molecular formula is C6H10N2. The largest absolute Gasteiger partial charge is 0.192 e. The maximum atomic E-state index is 3.66. The Balaban J connectivity index is 3.85. The Kier molecular flexibility index (Phi) is 2.77. The molecule has 2 heteroatoms. The minimum atomic E-state index is 0.646. The van der Waals surface area contributed by atoms with Crippen molar-refractivity contribution >= 4 is 0 Å². The van der Waals surface area contributed by atoms with Crippen LogP contribution in [0.25, 0.3) is 0 Å². The molecule has 8 heavy (non-hydrogen) atoms. The summed E-state index contributed by atoms with van der Waals surface area (Å²) < 4.78 is 0. The molecule has 0 unspecified atom stereocenters. The predicted octanol–water partition coefficient (Wildman–Crippen LogP) is 2.16. The monoisotopic (exact) mass is 110 g/mol. The van der Waals surface area contributed by atoms with Gasteiger partial charge < -0.3 is 0 Å². The SMILES string of the molecule is C=C(C)C(=C)N=NC. The van der Waals surface area contributed by atoms with Crippen molar-refractivity contribution in [3.05, 3.63) is 24.4 Å². The third-order valence-corrected chi connectivity index (χ3v) is 0.713. The van der Waals surface area contributed by atoms with E-state index in [0.29, 0.717) is 5.70 Å². The van der Waals surface area contributed by atoms with Gasteiger partial charge in [0.2, 0.25) is 0 Å². The van der Waals surface area contributed by atoms with E-state index < -0.39 is 0 Å². The molecule has 0 saturated carbocycles. The van der Waals surface area contributed by atoms with Crippen LogP contribution >= 0.6 is 0 Å². The highest BCUT2D eigenvalue weighted by Crippen LogP contribution is 2.03. The van der Waals surface area contributed by atoms with Crippen molar-refractivity contribution < 1.29 is 0 Å². The fourth-order valence-electron chi connectivity index (χ4n) is 0.206. The van der Waals surface area contributed by atoms with Gasteiger partial charge in [-0.1, -0.05) is 13.2 Å². The minimum Gasteiger partial charge on any atom is -0.192 e. The summed E-state index contributed by atoms with van der Waals surface area (Å²) in [5, 5.41) is 7.18. The fourth-order valence-corrected chi connectivity index (χ4v) is 0.206. The molecule has 0 rings (SSSR count). The quantitative estimate of drug-likeness (QED) is 0.384. The van der Waals surface area contributed by atoms with Crippen molar-refractivity contribution in [3.8, 4) is 0 Å². The van der Waals surface area contributed by atoms with Crippen molar-refractivity contribution in [2.45, 2.75) is 6.92 Å². The molecule has 0 fully saturated rings. The third-order valence-electron chi connectivity index (χ3n) is 0.713. The summed E-state index contributed by atoms with van der Waals surface area (Å²) in [5.74, 6) is 0. The average Bonchev–Trinajstić information content (AvgIpc) is 1.67. The lowest BCUT2D eigenvalue weighted by Gasteiger charge is -1.90. The van der Waals surface area contributed by atoms with Crippen LogP contribution in [0.3, 0.4) is 0 Å². The number of azo groups is 1. The van der Waals surface area contributed by atoms with E-state index >= 15 is 0 Å². The number of hydrogen-bond donors (Lipinski definition) is 0. The second-order valence-corrected chi connectivity index (χ2v) is 1.53. The van der Waals surface area contributed by atoms with Crippen LogP contribution in [0.15, 0.2) is 34.7 Å². The van der Waals surface area contributed by atoms with Crippen LogP contribution in [-0.2, 0) is 0 Å². The summed E-state index contributed by atoms with van der Waals surface area (Å²) in [5.41, 5.74) is 1.50. The van der Waals surface area contributed by atoms with Crippen molar-refractivity contribution in [3.63, 3.8) is 0 Å². The van der Waals surface area contributed by atoms with Gasteiger partial charge in [-0.25, -0.2) is 0 Å². The molecule has 0 aliphatic heterocycles. The van der Waals surface area contributed by atoms with Gasteiger partial charge in [0.25, 0.3) is 0 Å². The Morgan fingerprint density at radius 2 is 1.88 bits per heavy atom. The molecule has 0 aliphatic carbocycles. The van der Waals surface area contributed by atoms with E-state index in [0.717, 1.165) is 5.57 Å². The zero-order valence-electron chi connectivity index (χ0n) is 5.31. The van der Waals surface area contributed by atoms with E-state index in [2.05, 4.69) is 23.4 Å². The first-order valence-corrected chi connectivity index (χ1v) is 2.33. The molecule has 0 saturated heterocycles. The standard InChI is InChI=1S/C6H10N2/c1-5(2)6(3)8-7-4/h1,3H2,2,4H3. The molecule has 2 nitrogen and oxygen atoms in total. The van der Waals surface area contributed by atoms with E-state index in [9.17, 15) is 0 Å². The lowest BCUT2D eigenvalue weighted by atomic mass is 10.3. The lowest BCUT2D eigenvalue weighted by Crippen LogP contribution is -1.72. The van der Waals surface area contributed by atoms with Gasteiger partial charge in [0, 0.05) is 7.05 Å². The molecule has 0 aromatic rings. The highest BCUT2D eigenvalue weighted by atomic mass is 15.1. The van der Waals surface area contributed by atoms with E-state index in [1.165, 1.54) is 0 Å². The van der Waals surface area contributed by atoms with Crippen molar-refractivity contribution in [2.75, 3.05) is 7.05 Å². The second-order valence-electron chi connectivity index (χ2n) is 1.53. The van der Waals surface area contributed by atoms with Gasteiger partial charge in [0.05, 0.1) is 5.70 Å². The summed E-state index contributed by atoms with van der Waals surface area (Å²) in [4.78, 5) is 0. The summed E-state index contributed by atoms with van der Waals surface area (Å²) in [6.45, 7) is 9.05. The number of rotatable bonds is 2. The summed E-state index contributed by atoms with van der Waals surface area (Å²) in [6.07, 6.45) is 0. The topological polar surface area (TPSA) is 24.7 Å². The molecular weight excluding hydrogens is 100 g/mol. The first-order valence-electron chi connectivity index (χ1n) is 2.33. The van der Waals surface area contributed by atoms with Crippen LogP contribution < -0.4 is 0 Å². The molecule has 44 valence electrons. The van der Waals surface area contributed by atoms with Crippen LogP contribution in [0.1, 0.15) is 6.92 Å². The van der Waals surface area contributed by atoms with Crippen LogP contribution in [0, 0.1) is 0 Å². The van der Waals surface area contributed by atoms with Crippen molar-refractivity contribution in [1.82, 2.24) is 0 Å². The van der Waals surface area contributed by atoms with Crippen LogP contribution in [0.4, 0.5) is 0 Å². The maximum absolute atomic E-state index is 3.66. The first-order chi connectivity index (χ1) is 3.68. The first kappa shape index (κ1) is 7.08. The number of hydrogen-bond acceptors (Lipinski definition) is 2. The van der Waals surface area contributed by atoms with Gasteiger partial charge in [0.1, 0.15) is 0 Å². The zero-order valence-corrected chi connectivity index (χ0v) is 5.31. The number of nitrogens with zero attached hydrogens (tertiary/aromatic N) is 2. The Morgan fingerprint density at radius 1 is 1.38 bits per heavy atom. The zero-order chi connectivity index (χ0) is 6.57. The summed E-state index contributed by atoms with van der Waals surface area (Å²) >= 11 is 0. The Labute approximate surface area is 49.6 Å². The number of allylic oxidation sites excluding steroid dienone is 1. The fraction of sp³-hybridized carbons (Fsp3) is 0.333. The molecule has 0 aromatic carbocycles. The maximum Gasteiger partial charge on any atom is 0.0803 e. The lowest BCUT2D eigenvalue weighted by molar-refractivity contribution is 1.10. The van der Waals surface area contributed by atoms with E-state index in [-0.39, 0.29) is 0 Å². The second kappa shape index (κ2) is 3.13. The molecule has 0 aromatic heterocycles. The van der Waals surface area contributed by atoms with E-state index in [1.54, 1.807) is 7.05 Å². The summed E-state index contributed by atoms with van der Waals surface area (Å²) in [7, 11) is 1.61. The van der Waals surface area contributed by atoms with Gasteiger partial charge in [-0.2, -0.15) is 10.2 Å². The average molecular weight is 110 g/mol. The van der Waals surface area contributed by atoms with Gasteiger partial charge >= 0.3 is 0 Å². The third kappa shape index (κ3) is 2.29. The highest BCUT2D eigenvalue weighted by Gasteiger charge is 1.85.